The van der Waals surface area contributed by atoms with Crippen molar-refractivity contribution in [2.45, 2.75) is 45.6 Å². The van der Waals surface area contributed by atoms with Gasteiger partial charge in [0.25, 0.3) is 0 Å². The zero-order valence-electron chi connectivity index (χ0n) is 12.4. The second-order valence-corrected chi connectivity index (χ2v) is 5.81. The fourth-order valence-electron chi connectivity index (χ4n) is 2.80. The van der Waals surface area contributed by atoms with Crippen LogP contribution in [0, 0.1) is 5.41 Å². The molecule has 0 unspecified atom stereocenters. The molecule has 1 amide bonds. The average Bonchev–Trinajstić information content (AvgIpc) is 2.48. The van der Waals surface area contributed by atoms with Gasteiger partial charge in [-0.1, -0.05) is 32.3 Å². The standard InChI is InChI=1S/C16H24N2O2/c1-16(8-4-3-5-9-16)15(19)18-13-7-6-12(11-17)10-14(13)20-2/h6-7,10H,3-5,8-9,11,17H2,1-2H3,(H,18,19). The van der Waals surface area contributed by atoms with Gasteiger partial charge in [-0.05, 0) is 30.5 Å². The Balaban J connectivity index is 2.14. The highest BCUT2D eigenvalue weighted by Gasteiger charge is 2.34. The first-order chi connectivity index (χ1) is 9.59. The molecule has 1 fully saturated rings. The largest absolute Gasteiger partial charge is 0.495 e. The molecule has 1 aromatic carbocycles. The maximum atomic E-state index is 12.5. The minimum atomic E-state index is -0.254. The van der Waals surface area contributed by atoms with Crippen LogP contribution in [0.15, 0.2) is 18.2 Å². The number of rotatable bonds is 4. The van der Waals surface area contributed by atoms with Crippen LogP contribution in [-0.2, 0) is 11.3 Å². The summed E-state index contributed by atoms with van der Waals surface area (Å²) in [5.41, 5.74) is 7.08. The Morgan fingerprint density at radius 1 is 1.35 bits per heavy atom. The van der Waals surface area contributed by atoms with Crippen LogP contribution in [0.3, 0.4) is 0 Å². The van der Waals surface area contributed by atoms with Gasteiger partial charge in [-0.2, -0.15) is 0 Å². The van der Waals surface area contributed by atoms with Crippen molar-refractivity contribution >= 4 is 11.6 Å². The summed E-state index contributed by atoms with van der Waals surface area (Å²) in [6.07, 6.45) is 5.42. The van der Waals surface area contributed by atoms with Gasteiger partial charge in [0, 0.05) is 12.0 Å². The summed E-state index contributed by atoms with van der Waals surface area (Å²) < 4.78 is 5.34. The number of methoxy groups -OCH3 is 1. The van der Waals surface area contributed by atoms with Gasteiger partial charge in [0.2, 0.25) is 5.91 Å². The number of carbonyl (C=O) groups is 1. The van der Waals surface area contributed by atoms with Gasteiger partial charge < -0.3 is 15.8 Å². The van der Waals surface area contributed by atoms with Crippen LogP contribution >= 0.6 is 0 Å². The van der Waals surface area contributed by atoms with Crippen LogP contribution in [-0.4, -0.2) is 13.0 Å². The van der Waals surface area contributed by atoms with Gasteiger partial charge in [-0.3, -0.25) is 4.79 Å². The number of anilines is 1. The monoisotopic (exact) mass is 276 g/mol. The van der Waals surface area contributed by atoms with Crippen LogP contribution in [0.1, 0.15) is 44.6 Å². The lowest BCUT2D eigenvalue weighted by Crippen LogP contribution is -2.35. The number of hydrogen-bond donors (Lipinski definition) is 2. The van der Waals surface area contributed by atoms with Gasteiger partial charge in [0.05, 0.1) is 12.8 Å². The third-order valence-electron chi connectivity index (χ3n) is 4.26. The van der Waals surface area contributed by atoms with Crippen molar-refractivity contribution in [2.24, 2.45) is 11.1 Å². The quantitative estimate of drug-likeness (QED) is 0.888. The van der Waals surface area contributed by atoms with Gasteiger partial charge in [0.1, 0.15) is 5.75 Å². The molecule has 0 heterocycles. The van der Waals surface area contributed by atoms with E-state index in [1.807, 2.05) is 18.2 Å². The number of carbonyl (C=O) groups excluding carboxylic acids is 1. The third-order valence-corrected chi connectivity index (χ3v) is 4.26. The van der Waals surface area contributed by atoms with Crippen molar-refractivity contribution in [1.82, 2.24) is 0 Å². The number of hydrogen-bond acceptors (Lipinski definition) is 3. The number of nitrogens with two attached hydrogens (primary N) is 1. The predicted molar refractivity (Wildman–Crippen MR) is 80.7 cm³/mol. The van der Waals surface area contributed by atoms with Gasteiger partial charge >= 0.3 is 0 Å². The Kier molecular flexibility index (Phi) is 4.65. The molecule has 1 aliphatic carbocycles. The van der Waals surface area contributed by atoms with E-state index in [2.05, 4.69) is 12.2 Å². The van der Waals surface area contributed by atoms with Crippen LogP contribution in [0.4, 0.5) is 5.69 Å². The Morgan fingerprint density at radius 2 is 2.05 bits per heavy atom. The van der Waals surface area contributed by atoms with Gasteiger partial charge in [0.15, 0.2) is 0 Å². The smallest absolute Gasteiger partial charge is 0.230 e. The molecule has 110 valence electrons. The van der Waals surface area contributed by atoms with Crippen molar-refractivity contribution in [3.63, 3.8) is 0 Å². The van der Waals surface area contributed by atoms with Crippen LogP contribution < -0.4 is 15.8 Å². The molecular weight excluding hydrogens is 252 g/mol. The first kappa shape index (κ1) is 14.9. The summed E-state index contributed by atoms with van der Waals surface area (Å²) in [6.45, 7) is 2.52. The second-order valence-electron chi connectivity index (χ2n) is 5.81. The van der Waals surface area contributed by atoms with Crippen molar-refractivity contribution in [3.05, 3.63) is 23.8 Å². The van der Waals surface area contributed by atoms with Crippen molar-refractivity contribution < 1.29 is 9.53 Å². The molecule has 4 heteroatoms. The zero-order chi connectivity index (χ0) is 14.6. The molecule has 0 aliphatic heterocycles. The molecule has 0 bridgehead atoms. The highest BCUT2D eigenvalue weighted by molar-refractivity contribution is 5.96. The number of benzene rings is 1. The Bertz CT molecular complexity index is 479. The Labute approximate surface area is 120 Å². The minimum Gasteiger partial charge on any atom is -0.495 e. The summed E-state index contributed by atoms with van der Waals surface area (Å²) in [6, 6.07) is 5.66. The predicted octanol–water partition coefficient (Wildman–Crippen LogP) is 3.06. The number of nitrogens with one attached hydrogen (secondary N) is 1. The Morgan fingerprint density at radius 3 is 2.65 bits per heavy atom. The molecule has 1 aromatic rings. The molecule has 1 aliphatic rings. The molecule has 0 atom stereocenters. The van der Waals surface area contributed by atoms with E-state index in [4.69, 9.17) is 10.5 Å². The molecule has 1 saturated carbocycles. The van der Waals surface area contributed by atoms with Crippen LogP contribution in [0.25, 0.3) is 0 Å². The average molecular weight is 276 g/mol. The fraction of sp³-hybridized carbons (Fsp3) is 0.562. The second kappa shape index (κ2) is 6.27. The lowest BCUT2D eigenvalue weighted by Gasteiger charge is -2.32. The summed E-state index contributed by atoms with van der Waals surface area (Å²) in [5, 5.41) is 3.02. The normalized spacial score (nSPS) is 17.6. The van der Waals surface area contributed by atoms with Crippen molar-refractivity contribution in [1.29, 1.82) is 0 Å². The summed E-state index contributed by atoms with van der Waals surface area (Å²) in [7, 11) is 1.60. The van der Waals surface area contributed by atoms with Gasteiger partial charge in [-0.25, -0.2) is 0 Å². The summed E-state index contributed by atoms with van der Waals surface area (Å²) in [5.74, 6) is 0.761. The van der Waals surface area contributed by atoms with Crippen molar-refractivity contribution in [2.75, 3.05) is 12.4 Å². The third kappa shape index (κ3) is 3.12. The van der Waals surface area contributed by atoms with Crippen molar-refractivity contribution in [3.8, 4) is 5.75 Å². The SMILES string of the molecule is COc1cc(CN)ccc1NC(=O)C1(C)CCCCC1. The van der Waals surface area contributed by atoms with E-state index in [1.54, 1.807) is 7.11 Å². The first-order valence-corrected chi connectivity index (χ1v) is 7.27. The molecule has 0 spiro atoms. The topological polar surface area (TPSA) is 64.3 Å². The van der Waals surface area contributed by atoms with E-state index >= 15 is 0 Å². The van der Waals surface area contributed by atoms with E-state index in [0.717, 1.165) is 36.9 Å². The van der Waals surface area contributed by atoms with E-state index in [0.29, 0.717) is 12.3 Å². The number of ether oxygens (including phenoxy) is 1. The lowest BCUT2D eigenvalue weighted by atomic mass is 9.75. The van der Waals surface area contributed by atoms with E-state index in [9.17, 15) is 4.79 Å². The van der Waals surface area contributed by atoms with Crippen LogP contribution in [0.5, 0.6) is 5.75 Å². The summed E-state index contributed by atoms with van der Waals surface area (Å²) >= 11 is 0. The van der Waals surface area contributed by atoms with E-state index in [-0.39, 0.29) is 11.3 Å². The zero-order valence-corrected chi connectivity index (χ0v) is 12.4. The van der Waals surface area contributed by atoms with Gasteiger partial charge in [-0.15, -0.1) is 0 Å². The molecular formula is C16H24N2O2. The highest BCUT2D eigenvalue weighted by atomic mass is 16.5. The minimum absolute atomic E-state index is 0.0935. The molecule has 4 nitrogen and oxygen atoms in total. The van der Waals surface area contributed by atoms with E-state index in [1.165, 1.54) is 6.42 Å². The first-order valence-electron chi connectivity index (χ1n) is 7.27. The molecule has 2 rings (SSSR count). The maximum absolute atomic E-state index is 12.5. The van der Waals surface area contributed by atoms with Crippen LogP contribution in [0.2, 0.25) is 0 Å². The molecule has 0 saturated heterocycles. The molecule has 3 N–H and O–H groups in total. The fourth-order valence-corrected chi connectivity index (χ4v) is 2.80. The summed E-state index contributed by atoms with van der Waals surface area (Å²) in [4.78, 5) is 12.5. The molecule has 20 heavy (non-hydrogen) atoms. The maximum Gasteiger partial charge on any atom is 0.230 e. The van der Waals surface area contributed by atoms with E-state index < -0.39 is 0 Å². The molecule has 0 radical (unpaired) electrons. The Hall–Kier alpha value is -1.55. The molecule has 0 aromatic heterocycles. The number of amides is 1. The highest BCUT2D eigenvalue weighted by Crippen LogP contribution is 2.37. The lowest BCUT2D eigenvalue weighted by molar-refractivity contribution is -0.126.